The van der Waals surface area contributed by atoms with Gasteiger partial charge in [-0.2, -0.15) is 0 Å². The molecular formula is C14H15IN2S. The Morgan fingerprint density at radius 2 is 2.22 bits per heavy atom. The van der Waals surface area contributed by atoms with E-state index in [0.717, 1.165) is 18.7 Å². The fourth-order valence-electron chi connectivity index (χ4n) is 2.63. The van der Waals surface area contributed by atoms with E-state index in [-0.39, 0.29) is 0 Å². The summed E-state index contributed by atoms with van der Waals surface area (Å²) in [6.45, 7) is 3.32. The first-order chi connectivity index (χ1) is 8.66. The monoisotopic (exact) mass is 370 g/mol. The van der Waals surface area contributed by atoms with Crippen molar-refractivity contribution in [2.24, 2.45) is 0 Å². The van der Waals surface area contributed by atoms with Crippen LogP contribution >= 0.6 is 33.9 Å². The van der Waals surface area contributed by atoms with Gasteiger partial charge in [0.1, 0.15) is 0 Å². The summed E-state index contributed by atoms with van der Waals surface area (Å²) >= 11 is 4.17. The Balaban J connectivity index is 1.99. The fraction of sp³-hybridized carbons (Fsp3) is 0.286. The minimum absolute atomic E-state index is 0.419. The third-order valence-corrected chi connectivity index (χ3v) is 5.24. The molecule has 0 aliphatic carbocycles. The number of rotatable bonds is 1. The molecule has 0 amide bonds. The lowest BCUT2D eigenvalue weighted by atomic mass is 10.0. The lowest BCUT2D eigenvalue weighted by Gasteiger charge is -2.36. The van der Waals surface area contributed by atoms with Crippen LogP contribution in [-0.4, -0.2) is 6.54 Å². The van der Waals surface area contributed by atoms with E-state index in [2.05, 4.69) is 58.0 Å². The molecule has 1 aromatic carbocycles. The predicted octanol–water partition coefficient (Wildman–Crippen LogP) is 4.06. The first kappa shape index (κ1) is 12.3. The summed E-state index contributed by atoms with van der Waals surface area (Å²) in [7, 11) is 0. The van der Waals surface area contributed by atoms with Crippen molar-refractivity contribution in [1.82, 2.24) is 0 Å². The Morgan fingerprint density at radius 1 is 1.39 bits per heavy atom. The average molecular weight is 370 g/mol. The summed E-state index contributed by atoms with van der Waals surface area (Å²) < 4.78 is 1.19. The predicted molar refractivity (Wildman–Crippen MR) is 87.4 cm³/mol. The summed E-state index contributed by atoms with van der Waals surface area (Å²) in [5.41, 5.74) is 9.68. The van der Waals surface area contributed by atoms with Crippen LogP contribution in [0, 0.1) is 3.57 Å². The zero-order chi connectivity index (χ0) is 12.7. The van der Waals surface area contributed by atoms with E-state index in [1.807, 2.05) is 17.4 Å². The lowest BCUT2D eigenvalue weighted by molar-refractivity contribution is 0.633. The van der Waals surface area contributed by atoms with Gasteiger partial charge < -0.3 is 10.6 Å². The molecule has 94 valence electrons. The van der Waals surface area contributed by atoms with Gasteiger partial charge in [-0.1, -0.05) is 0 Å². The van der Waals surface area contributed by atoms with Crippen molar-refractivity contribution in [2.75, 3.05) is 17.2 Å². The van der Waals surface area contributed by atoms with Gasteiger partial charge in [0.2, 0.25) is 0 Å². The molecule has 0 radical (unpaired) electrons. The molecule has 2 N–H and O–H groups in total. The Morgan fingerprint density at radius 3 is 3.00 bits per heavy atom. The van der Waals surface area contributed by atoms with E-state index in [9.17, 15) is 0 Å². The highest BCUT2D eigenvalue weighted by molar-refractivity contribution is 14.1. The maximum absolute atomic E-state index is 6.17. The standard InChI is InChI=1S/C14H15IN2S/c1-9-11-5-7-18-14(11)4-6-17(9)13-3-2-10(15)8-12(13)16/h2-3,5,7-9H,4,6,16H2,1H3. The Kier molecular flexibility index (Phi) is 3.23. The minimum Gasteiger partial charge on any atom is -0.397 e. The second-order valence-electron chi connectivity index (χ2n) is 4.62. The molecule has 4 heteroatoms. The third kappa shape index (κ3) is 2.01. The van der Waals surface area contributed by atoms with Crippen LogP contribution in [0.4, 0.5) is 11.4 Å². The second kappa shape index (κ2) is 4.74. The zero-order valence-corrected chi connectivity index (χ0v) is 13.2. The maximum Gasteiger partial charge on any atom is 0.0605 e. The van der Waals surface area contributed by atoms with Gasteiger partial charge in [0, 0.05) is 15.0 Å². The third-order valence-electron chi connectivity index (χ3n) is 3.58. The van der Waals surface area contributed by atoms with Gasteiger partial charge in [-0.15, -0.1) is 11.3 Å². The molecule has 0 saturated carbocycles. The number of nitrogens with two attached hydrogens (primary N) is 1. The fourth-order valence-corrected chi connectivity index (χ4v) is 4.10. The topological polar surface area (TPSA) is 29.3 Å². The van der Waals surface area contributed by atoms with Gasteiger partial charge in [0.15, 0.2) is 0 Å². The number of halogens is 1. The molecule has 0 spiro atoms. The lowest BCUT2D eigenvalue weighted by Crippen LogP contribution is -2.33. The van der Waals surface area contributed by atoms with Crippen molar-refractivity contribution in [3.63, 3.8) is 0 Å². The number of nitrogen functional groups attached to an aromatic ring is 1. The number of fused-ring (bicyclic) bond motifs is 1. The zero-order valence-electron chi connectivity index (χ0n) is 10.2. The molecule has 1 unspecified atom stereocenters. The number of nitrogens with zero attached hydrogens (tertiary/aromatic N) is 1. The van der Waals surface area contributed by atoms with Crippen molar-refractivity contribution in [2.45, 2.75) is 19.4 Å². The largest absolute Gasteiger partial charge is 0.397 e. The first-order valence-corrected chi connectivity index (χ1v) is 8.00. The Labute approximate surface area is 125 Å². The van der Waals surface area contributed by atoms with Crippen molar-refractivity contribution in [3.8, 4) is 0 Å². The number of anilines is 2. The van der Waals surface area contributed by atoms with Crippen LogP contribution in [0.3, 0.4) is 0 Å². The van der Waals surface area contributed by atoms with Crippen molar-refractivity contribution in [3.05, 3.63) is 43.7 Å². The first-order valence-electron chi connectivity index (χ1n) is 6.05. The molecule has 2 aromatic rings. The van der Waals surface area contributed by atoms with Crippen LogP contribution in [0.15, 0.2) is 29.6 Å². The van der Waals surface area contributed by atoms with E-state index >= 15 is 0 Å². The van der Waals surface area contributed by atoms with Gasteiger partial charge in [0.05, 0.1) is 17.4 Å². The molecule has 1 atom stereocenters. The highest BCUT2D eigenvalue weighted by atomic mass is 127. The van der Waals surface area contributed by atoms with Crippen LogP contribution in [0.5, 0.6) is 0 Å². The Bertz CT molecular complexity index is 579. The SMILES string of the molecule is CC1c2ccsc2CCN1c1ccc(I)cc1N. The average Bonchev–Trinajstić information content (AvgIpc) is 2.80. The molecule has 2 nitrogen and oxygen atoms in total. The summed E-state index contributed by atoms with van der Waals surface area (Å²) in [5, 5.41) is 2.20. The van der Waals surface area contributed by atoms with Gasteiger partial charge >= 0.3 is 0 Å². The van der Waals surface area contributed by atoms with Crippen LogP contribution < -0.4 is 10.6 Å². The summed E-state index contributed by atoms with van der Waals surface area (Å²) in [5.74, 6) is 0. The van der Waals surface area contributed by atoms with Crippen molar-refractivity contribution >= 4 is 45.3 Å². The van der Waals surface area contributed by atoms with Crippen LogP contribution in [-0.2, 0) is 6.42 Å². The van der Waals surface area contributed by atoms with Crippen LogP contribution in [0.25, 0.3) is 0 Å². The van der Waals surface area contributed by atoms with E-state index in [4.69, 9.17) is 5.73 Å². The van der Waals surface area contributed by atoms with E-state index < -0.39 is 0 Å². The van der Waals surface area contributed by atoms with Gasteiger partial charge in [-0.25, -0.2) is 0 Å². The number of benzene rings is 1. The molecule has 18 heavy (non-hydrogen) atoms. The normalized spacial score (nSPS) is 18.8. The smallest absolute Gasteiger partial charge is 0.0605 e. The van der Waals surface area contributed by atoms with Gasteiger partial charge in [-0.05, 0) is 71.1 Å². The highest BCUT2D eigenvalue weighted by Gasteiger charge is 2.25. The van der Waals surface area contributed by atoms with E-state index in [1.165, 1.54) is 19.7 Å². The minimum atomic E-state index is 0.419. The van der Waals surface area contributed by atoms with Gasteiger partial charge in [0.25, 0.3) is 0 Å². The van der Waals surface area contributed by atoms with Crippen LogP contribution in [0.1, 0.15) is 23.4 Å². The molecule has 1 aromatic heterocycles. The summed E-state index contributed by atoms with van der Waals surface area (Å²) in [6.07, 6.45) is 1.13. The van der Waals surface area contributed by atoms with E-state index in [1.54, 1.807) is 0 Å². The molecule has 1 aliphatic rings. The number of hydrogen-bond acceptors (Lipinski definition) is 3. The number of thiophene rings is 1. The molecular weight excluding hydrogens is 355 g/mol. The molecule has 0 fully saturated rings. The Hall–Kier alpha value is -0.750. The molecule has 0 bridgehead atoms. The molecule has 2 heterocycles. The summed E-state index contributed by atoms with van der Waals surface area (Å²) in [6, 6.07) is 8.99. The number of hydrogen-bond donors (Lipinski definition) is 1. The van der Waals surface area contributed by atoms with Crippen LogP contribution in [0.2, 0.25) is 0 Å². The quantitative estimate of drug-likeness (QED) is 0.606. The van der Waals surface area contributed by atoms with E-state index in [0.29, 0.717) is 6.04 Å². The molecule has 0 saturated heterocycles. The van der Waals surface area contributed by atoms with Gasteiger partial charge in [-0.3, -0.25) is 0 Å². The summed E-state index contributed by atoms with van der Waals surface area (Å²) in [4.78, 5) is 3.95. The van der Waals surface area contributed by atoms with Crippen molar-refractivity contribution in [1.29, 1.82) is 0 Å². The van der Waals surface area contributed by atoms with Crippen molar-refractivity contribution < 1.29 is 0 Å². The highest BCUT2D eigenvalue weighted by Crippen LogP contribution is 2.38. The second-order valence-corrected chi connectivity index (χ2v) is 6.87. The maximum atomic E-state index is 6.17. The molecule has 1 aliphatic heterocycles. The molecule has 3 rings (SSSR count).